The molecule has 2 unspecified atom stereocenters. The Bertz CT molecular complexity index is 433. The number of hydrogen-bond acceptors (Lipinski definition) is 5. The molecule has 1 aliphatic rings. The van der Waals surface area contributed by atoms with Crippen molar-refractivity contribution in [2.24, 2.45) is 0 Å². The number of hydrogen-bond donors (Lipinski definition) is 1. The predicted molar refractivity (Wildman–Crippen MR) is 80.2 cm³/mol. The van der Waals surface area contributed by atoms with E-state index in [4.69, 9.17) is 0 Å². The van der Waals surface area contributed by atoms with E-state index < -0.39 is 5.97 Å². The average molecular weight is 303 g/mol. The lowest BCUT2D eigenvalue weighted by atomic mass is 10.2. The van der Waals surface area contributed by atoms with Gasteiger partial charge in [-0.3, -0.25) is 0 Å². The zero-order chi connectivity index (χ0) is 13.1. The number of thiazole rings is 1. The zero-order valence-electron chi connectivity index (χ0n) is 10.5. The minimum absolute atomic E-state index is 0.372. The van der Waals surface area contributed by atoms with Crippen LogP contribution in [-0.4, -0.2) is 32.8 Å². The van der Waals surface area contributed by atoms with Crippen LogP contribution < -0.4 is 0 Å². The first-order chi connectivity index (χ1) is 8.67. The molecule has 3 nitrogen and oxygen atoms in total. The quantitative estimate of drug-likeness (QED) is 0.919. The average Bonchev–Trinajstić information content (AvgIpc) is 2.82. The Kier molecular flexibility index (Phi) is 4.98. The maximum Gasteiger partial charge on any atom is 0.347 e. The van der Waals surface area contributed by atoms with Crippen LogP contribution in [0.25, 0.3) is 0 Å². The Balaban J connectivity index is 2.29. The van der Waals surface area contributed by atoms with Gasteiger partial charge in [0.2, 0.25) is 0 Å². The number of carbonyl (C=O) groups is 1. The highest BCUT2D eigenvalue weighted by Gasteiger charge is 2.30. The maximum absolute atomic E-state index is 11.2. The molecule has 0 aromatic carbocycles. The van der Waals surface area contributed by atoms with Gasteiger partial charge in [0, 0.05) is 16.8 Å². The van der Waals surface area contributed by atoms with E-state index in [1.54, 1.807) is 0 Å². The molecular weight excluding hydrogens is 286 g/mol. The summed E-state index contributed by atoms with van der Waals surface area (Å²) < 4.78 is 0. The van der Waals surface area contributed by atoms with Crippen molar-refractivity contribution in [1.29, 1.82) is 0 Å². The van der Waals surface area contributed by atoms with Crippen LogP contribution in [0.4, 0.5) is 0 Å². The number of aryl methyl sites for hydroxylation is 1. The molecule has 0 radical (unpaired) electrons. The van der Waals surface area contributed by atoms with Crippen LogP contribution >= 0.6 is 34.9 Å². The third-order valence-electron chi connectivity index (χ3n) is 2.94. The largest absolute Gasteiger partial charge is 0.477 e. The lowest BCUT2D eigenvalue weighted by Gasteiger charge is -2.28. The topological polar surface area (TPSA) is 50.2 Å². The van der Waals surface area contributed by atoms with Crippen molar-refractivity contribution >= 4 is 40.8 Å². The normalized spacial score (nSPS) is 24.1. The van der Waals surface area contributed by atoms with Crippen LogP contribution in [0.15, 0.2) is 0 Å². The van der Waals surface area contributed by atoms with Gasteiger partial charge in [-0.1, -0.05) is 13.8 Å². The highest BCUT2D eigenvalue weighted by molar-refractivity contribution is 8.06. The molecule has 0 amide bonds. The van der Waals surface area contributed by atoms with Gasteiger partial charge < -0.3 is 5.11 Å². The Morgan fingerprint density at radius 3 is 2.67 bits per heavy atom. The van der Waals surface area contributed by atoms with Crippen molar-refractivity contribution in [3.05, 3.63) is 15.6 Å². The monoisotopic (exact) mass is 303 g/mol. The third kappa shape index (κ3) is 2.86. The molecule has 1 aromatic heterocycles. The lowest BCUT2D eigenvalue weighted by Crippen LogP contribution is -2.18. The highest BCUT2D eigenvalue weighted by Crippen LogP contribution is 2.45. The summed E-state index contributed by atoms with van der Waals surface area (Å²) in [5.74, 6) is 1.49. The van der Waals surface area contributed by atoms with E-state index in [9.17, 15) is 9.90 Å². The summed E-state index contributed by atoms with van der Waals surface area (Å²) in [5.41, 5.74) is 0.744. The third-order valence-corrected chi connectivity index (χ3v) is 7.51. The fraction of sp³-hybridized carbons (Fsp3) is 0.667. The number of aromatic nitrogens is 1. The molecule has 1 aromatic rings. The van der Waals surface area contributed by atoms with Gasteiger partial charge in [-0.2, -0.15) is 11.8 Å². The van der Waals surface area contributed by atoms with Crippen LogP contribution in [0.5, 0.6) is 0 Å². The van der Waals surface area contributed by atoms with E-state index in [0.29, 0.717) is 21.8 Å². The molecule has 0 bridgehead atoms. The molecule has 1 saturated heterocycles. The fourth-order valence-corrected chi connectivity index (χ4v) is 6.44. The Morgan fingerprint density at radius 2 is 2.11 bits per heavy atom. The molecule has 18 heavy (non-hydrogen) atoms. The minimum Gasteiger partial charge on any atom is -0.477 e. The summed E-state index contributed by atoms with van der Waals surface area (Å²) in [7, 11) is 0. The summed E-state index contributed by atoms with van der Waals surface area (Å²) in [4.78, 5) is 16.2. The van der Waals surface area contributed by atoms with Gasteiger partial charge in [-0.25, -0.2) is 9.78 Å². The number of carboxylic acids is 1. The molecule has 100 valence electrons. The Morgan fingerprint density at radius 1 is 1.39 bits per heavy atom. The van der Waals surface area contributed by atoms with Gasteiger partial charge in [-0.15, -0.1) is 23.1 Å². The second-order valence-corrected chi connectivity index (χ2v) is 7.72. The van der Waals surface area contributed by atoms with Crippen LogP contribution in [0.1, 0.15) is 45.9 Å². The van der Waals surface area contributed by atoms with Gasteiger partial charge in [0.25, 0.3) is 0 Å². The van der Waals surface area contributed by atoms with Crippen LogP contribution in [0, 0.1) is 0 Å². The first kappa shape index (κ1) is 14.2. The van der Waals surface area contributed by atoms with Gasteiger partial charge >= 0.3 is 5.97 Å². The first-order valence-electron chi connectivity index (χ1n) is 6.13. The van der Waals surface area contributed by atoms with Crippen molar-refractivity contribution < 1.29 is 9.90 Å². The molecule has 1 N–H and O–H groups in total. The molecule has 0 spiro atoms. The standard InChI is InChI=1S/C12H17NO2S3/c1-3-7-9(12(14)15)18-11(13-7)10-8(4-2)16-5-6-17-10/h8,10H,3-6H2,1-2H3,(H,14,15). The van der Waals surface area contributed by atoms with E-state index in [1.165, 1.54) is 17.1 Å². The smallest absolute Gasteiger partial charge is 0.347 e. The van der Waals surface area contributed by atoms with E-state index in [1.807, 2.05) is 30.4 Å². The van der Waals surface area contributed by atoms with Crippen molar-refractivity contribution in [3.63, 3.8) is 0 Å². The predicted octanol–water partition coefficient (Wildman–Crippen LogP) is 3.70. The Labute approximate surface area is 120 Å². The number of nitrogens with zero attached hydrogens (tertiary/aromatic N) is 1. The molecule has 1 aliphatic heterocycles. The first-order valence-corrected chi connectivity index (χ1v) is 9.04. The molecule has 2 atom stereocenters. The summed E-state index contributed by atoms with van der Waals surface area (Å²) in [6, 6.07) is 0. The molecule has 2 heterocycles. The van der Waals surface area contributed by atoms with E-state index in [0.717, 1.165) is 22.9 Å². The number of thioether (sulfide) groups is 2. The van der Waals surface area contributed by atoms with E-state index >= 15 is 0 Å². The fourth-order valence-electron chi connectivity index (χ4n) is 2.03. The summed E-state index contributed by atoms with van der Waals surface area (Å²) in [6.45, 7) is 4.16. The molecule has 1 fully saturated rings. The maximum atomic E-state index is 11.2. The molecule has 2 rings (SSSR count). The second kappa shape index (κ2) is 6.30. The molecule has 6 heteroatoms. The van der Waals surface area contributed by atoms with Crippen LogP contribution in [0.2, 0.25) is 0 Å². The van der Waals surface area contributed by atoms with Crippen molar-refractivity contribution in [1.82, 2.24) is 4.98 Å². The number of carboxylic acid groups (broad SMARTS) is 1. The van der Waals surface area contributed by atoms with Crippen molar-refractivity contribution in [2.75, 3.05) is 11.5 Å². The molecule has 0 saturated carbocycles. The Hall–Kier alpha value is -0.200. The molecular formula is C12H17NO2S3. The van der Waals surface area contributed by atoms with Crippen LogP contribution in [0.3, 0.4) is 0 Å². The lowest BCUT2D eigenvalue weighted by molar-refractivity contribution is 0.0701. The summed E-state index contributed by atoms with van der Waals surface area (Å²) >= 11 is 5.30. The second-order valence-electron chi connectivity index (χ2n) is 4.10. The summed E-state index contributed by atoms with van der Waals surface area (Å²) in [6.07, 6.45) is 1.81. The zero-order valence-corrected chi connectivity index (χ0v) is 13.0. The van der Waals surface area contributed by atoms with Crippen molar-refractivity contribution in [3.8, 4) is 0 Å². The minimum atomic E-state index is -0.836. The highest BCUT2D eigenvalue weighted by atomic mass is 32.2. The molecule has 0 aliphatic carbocycles. The van der Waals surface area contributed by atoms with E-state index in [-0.39, 0.29) is 0 Å². The van der Waals surface area contributed by atoms with Crippen LogP contribution in [-0.2, 0) is 6.42 Å². The van der Waals surface area contributed by atoms with Crippen molar-refractivity contribution in [2.45, 2.75) is 37.2 Å². The van der Waals surface area contributed by atoms with Gasteiger partial charge in [0.1, 0.15) is 9.88 Å². The van der Waals surface area contributed by atoms with Gasteiger partial charge in [0.05, 0.1) is 10.9 Å². The van der Waals surface area contributed by atoms with E-state index in [2.05, 4.69) is 11.9 Å². The SMILES string of the molecule is CCc1nc(C2SCCSC2CC)sc1C(=O)O. The van der Waals surface area contributed by atoms with Gasteiger partial charge in [0.15, 0.2) is 0 Å². The summed E-state index contributed by atoms with van der Waals surface area (Å²) in [5, 5.41) is 11.1. The number of rotatable bonds is 4. The van der Waals surface area contributed by atoms with Gasteiger partial charge in [-0.05, 0) is 12.8 Å². The number of aromatic carboxylic acids is 1.